The van der Waals surface area contributed by atoms with Gasteiger partial charge in [-0.1, -0.05) is 12.1 Å². The highest BCUT2D eigenvalue weighted by Crippen LogP contribution is 2.36. The Balaban J connectivity index is 1.76. The standard InChI is InChI=1S/C22H24FNO5S/c1-13-22(19(25)8-9-29-13)15-4-3-5-16(10-15)30(27,28)20-11-14-6-7-21(26)24(2)18(14)12-17(20)23/h3-5,10-13,19,22,25H,6-9H2,1-2H3. The lowest BCUT2D eigenvalue weighted by atomic mass is 9.86. The molecule has 0 bridgehead atoms. The molecule has 30 heavy (non-hydrogen) atoms. The van der Waals surface area contributed by atoms with E-state index in [2.05, 4.69) is 0 Å². The molecule has 1 N–H and O–H groups in total. The van der Waals surface area contributed by atoms with Gasteiger partial charge in [0.15, 0.2) is 0 Å². The highest BCUT2D eigenvalue weighted by molar-refractivity contribution is 7.91. The minimum atomic E-state index is -4.13. The van der Waals surface area contributed by atoms with Crippen LogP contribution in [0.2, 0.25) is 0 Å². The number of sulfone groups is 1. The van der Waals surface area contributed by atoms with Gasteiger partial charge < -0.3 is 14.7 Å². The molecular formula is C22H24FNO5S. The Morgan fingerprint density at radius 2 is 1.97 bits per heavy atom. The molecule has 2 aromatic rings. The van der Waals surface area contributed by atoms with Crippen LogP contribution < -0.4 is 4.90 Å². The van der Waals surface area contributed by atoms with Crippen molar-refractivity contribution in [2.24, 2.45) is 0 Å². The minimum absolute atomic E-state index is 0.0379. The number of nitrogens with zero attached hydrogens (tertiary/aromatic N) is 1. The van der Waals surface area contributed by atoms with Crippen LogP contribution in [-0.4, -0.2) is 45.3 Å². The zero-order valence-electron chi connectivity index (χ0n) is 16.8. The monoisotopic (exact) mass is 433 g/mol. The third-order valence-electron chi connectivity index (χ3n) is 6.03. The molecule has 2 aromatic carbocycles. The average molecular weight is 434 g/mol. The highest BCUT2D eigenvalue weighted by Gasteiger charge is 2.33. The maximum atomic E-state index is 14.9. The van der Waals surface area contributed by atoms with E-state index in [1.807, 2.05) is 6.92 Å². The van der Waals surface area contributed by atoms with Crippen LogP contribution in [0.25, 0.3) is 0 Å². The number of fused-ring (bicyclic) bond motifs is 1. The third-order valence-corrected chi connectivity index (χ3v) is 7.80. The number of amides is 1. The molecule has 160 valence electrons. The SMILES string of the molecule is CC1OCCC(O)C1c1cccc(S(=O)(=O)c2cc3c(cc2F)N(C)C(=O)CC3)c1. The molecule has 6 nitrogen and oxygen atoms in total. The Bertz CT molecular complexity index is 1090. The highest BCUT2D eigenvalue weighted by atomic mass is 32.2. The van der Waals surface area contributed by atoms with Crippen molar-refractivity contribution in [2.45, 2.75) is 54.1 Å². The summed E-state index contributed by atoms with van der Waals surface area (Å²) in [7, 11) is -2.58. The number of rotatable bonds is 3. The van der Waals surface area contributed by atoms with Crippen molar-refractivity contribution in [2.75, 3.05) is 18.6 Å². The second kappa shape index (κ2) is 7.76. The molecule has 0 spiro atoms. The van der Waals surface area contributed by atoms with E-state index in [1.165, 1.54) is 23.1 Å². The fourth-order valence-corrected chi connectivity index (χ4v) is 5.74. The van der Waals surface area contributed by atoms with E-state index in [0.717, 1.165) is 6.07 Å². The van der Waals surface area contributed by atoms with Gasteiger partial charge in [0.2, 0.25) is 15.7 Å². The summed E-state index contributed by atoms with van der Waals surface area (Å²) < 4.78 is 47.0. The Morgan fingerprint density at radius 1 is 1.20 bits per heavy atom. The van der Waals surface area contributed by atoms with Gasteiger partial charge in [-0.05, 0) is 55.2 Å². The first kappa shape index (κ1) is 21.0. The summed E-state index contributed by atoms with van der Waals surface area (Å²) >= 11 is 0. The largest absolute Gasteiger partial charge is 0.392 e. The molecule has 1 saturated heterocycles. The van der Waals surface area contributed by atoms with E-state index >= 15 is 0 Å². The lowest BCUT2D eigenvalue weighted by Gasteiger charge is -2.34. The van der Waals surface area contributed by atoms with Gasteiger partial charge in [0.05, 0.1) is 17.1 Å². The Morgan fingerprint density at radius 3 is 2.70 bits per heavy atom. The fourth-order valence-electron chi connectivity index (χ4n) is 4.33. The second-order valence-corrected chi connectivity index (χ2v) is 9.82. The number of ether oxygens (including phenoxy) is 1. The molecule has 2 aliphatic heterocycles. The van der Waals surface area contributed by atoms with E-state index in [4.69, 9.17) is 4.74 Å². The number of anilines is 1. The van der Waals surface area contributed by atoms with Crippen LogP contribution >= 0.6 is 0 Å². The number of carbonyl (C=O) groups excluding carboxylic acids is 1. The maximum absolute atomic E-state index is 14.9. The summed E-state index contributed by atoms with van der Waals surface area (Å²) in [5.74, 6) is -1.38. The van der Waals surface area contributed by atoms with Crippen molar-refractivity contribution in [1.82, 2.24) is 0 Å². The molecule has 3 unspecified atom stereocenters. The van der Waals surface area contributed by atoms with Gasteiger partial charge in [-0.25, -0.2) is 12.8 Å². The average Bonchev–Trinajstić information content (AvgIpc) is 2.71. The molecule has 2 heterocycles. The first-order valence-electron chi connectivity index (χ1n) is 9.94. The predicted molar refractivity (Wildman–Crippen MR) is 109 cm³/mol. The van der Waals surface area contributed by atoms with Crippen molar-refractivity contribution in [3.05, 3.63) is 53.3 Å². The van der Waals surface area contributed by atoms with E-state index in [0.29, 0.717) is 36.3 Å². The Hall–Kier alpha value is -2.29. The van der Waals surface area contributed by atoms with Crippen LogP contribution in [0.4, 0.5) is 10.1 Å². The van der Waals surface area contributed by atoms with Crippen molar-refractivity contribution < 1.29 is 27.4 Å². The maximum Gasteiger partial charge on any atom is 0.227 e. The molecule has 0 aromatic heterocycles. The number of halogens is 1. The number of benzene rings is 2. The molecule has 4 rings (SSSR count). The Kier molecular flexibility index (Phi) is 5.42. The molecular weight excluding hydrogens is 409 g/mol. The van der Waals surface area contributed by atoms with Crippen LogP contribution in [0.15, 0.2) is 46.2 Å². The minimum Gasteiger partial charge on any atom is -0.392 e. The Labute approximate surface area is 175 Å². The number of hydrogen-bond acceptors (Lipinski definition) is 5. The zero-order chi connectivity index (χ0) is 21.6. The molecule has 1 fully saturated rings. The molecule has 8 heteroatoms. The van der Waals surface area contributed by atoms with Crippen LogP contribution in [0.5, 0.6) is 0 Å². The van der Waals surface area contributed by atoms with Gasteiger partial charge in [0.25, 0.3) is 0 Å². The smallest absolute Gasteiger partial charge is 0.227 e. The number of carbonyl (C=O) groups is 1. The van der Waals surface area contributed by atoms with Gasteiger partial charge in [0.1, 0.15) is 10.7 Å². The zero-order valence-corrected chi connectivity index (χ0v) is 17.7. The summed E-state index contributed by atoms with van der Waals surface area (Å²) in [6, 6.07) is 8.71. The second-order valence-electron chi connectivity index (χ2n) is 7.90. The first-order chi connectivity index (χ1) is 14.2. The van der Waals surface area contributed by atoms with Crippen molar-refractivity contribution in [3.8, 4) is 0 Å². The summed E-state index contributed by atoms with van der Waals surface area (Å²) in [4.78, 5) is 12.8. The number of aryl methyl sites for hydroxylation is 1. The van der Waals surface area contributed by atoms with Crippen LogP contribution in [0.3, 0.4) is 0 Å². The van der Waals surface area contributed by atoms with E-state index in [-0.39, 0.29) is 29.2 Å². The summed E-state index contributed by atoms with van der Waals surface area (Å²) in [6.45, 7) is 2.29. The summed E-state index contributed by atoms with van der Waals surface area (Å²) in [5.41, 5.74) is 1.66. The fraction of sp³-hybridized carbons (Fsp3) is 0.409. The van der Waals surface area contributed by atoms with Gasteiger partial charge in [-0.2, -0.15) is 0 Å². The number of hydrogen-bond donors (Lipinski definition) is 1. The number of aliphatic hydroxyl groups is 1. The van der Waals surface area contributed by atoms with E-state index in [9.17, 15) is 22.7 Å². The van der Waals surface area contributed by atoms with Gasteiger partial charge in [-0.15, -0.1) is 0 Å². The number of aliphatic hydroxyl groups excluding tert-OH is 1. The third kappa shape index (κ3) is 3.53. The van der Waals surface area contributed by atoms with Gasteiger partial charge in [0, 0.05) is 31.7 Å². The normalized spacial score (nSPS) is 24.6. The van der Waals surface area contributed by atoms with Gasteiger partial charge >= 0.3 is 0 Å². The van der Waals surface area contributed by atoms with Gasteiger partial charge in [-0.3, -0.25) is 4.79 Å². The predicted octanol–water partition coefficient (Wildman–Crippen LogP) is 2.82. The van der Waals surface area contributed by atoms with E-state index in [1.54, 1.807) is 19.2 Å². The topological polar surface area (TPSA) is 83.9 Å². The van der Waals surface area contributed by atoms with Crippen LogP contribution in [0.1, 0.15) is 36.8 Å². The van der Waals surface area contributed by atoms with Crippen molar-refractivity contribution in [3.63, 3.8) is 0 Å². The van der Waals surface area contributed by atoms with E-state index < -0.39 is 26.7 Å². The molecule has 1 amide bonds. The summed E-state index contributed by atoms with van der Waals surface area (Å²) in [5, 5.41) is 10.4. The van der Waals surface area contributed by atoms with Crippen LogP contribution in [-0.2, 0) is 25.8 Å². The van der Waals surface area contributed by atoms with Crippen molar-refractivity contribution >= 4 is 21.4 Å². The molecule has 0 radical (unpaired) electrons. The lowest BCUT2D eigenvalue weighted by Crippen LogP contribution is -2.36. The van der Waals surface area contributed by atoms with Crippen LogP contribution in [0, 0.1) is 5.82 Å². The summed E-state index contributed by atoms with van der Waals surface area (Å²) in [6.07, 6.45) is 0.185. The quantitative estimate of drug-likeness (QED) is 0.805. The molecule has 0 saturated carbocycles. The molecule has 3 atom stereocenters. The van der Waals surface area contributed by atoms with Crippen molar-refractivity contribution in [1.29, 1.82) is 0 Å². The molecule has 0 aliphatic carbocycles. The first-order valence-corrected chi connectivity index (χ1v) is 11.4. The lowest BCUT2D eigenvalue weighted by molar-refractivity contribution is -0.118. The molecule has 2 aliphatic rings.